The normalized spacial score (nSPS) is 22.3. The Bertz CT molecular complexity index is 465. The first kappa shape index (κ1) is 18.0. The van der Waals surface area contributed by atoms with Crippen LogP contribution in [0.25, 0.3) is 0 Å². The summed E-state index contributed by atoms with van der Waals surface area (Å²) in [6, 6.07) is 8.54. The monoisotopic (exact) mass is 310 g/mol. The Labute approximate surface area is 134 Å². The van der Waals surface area contributed by atoms with E-state index in [2.05, 4.69) is 50.5 Å². The van der Waals surface area contributed by atoms with Crippen molar-refractivity contribution in [3.63, 3.8) is 0 Å². The van der Waals surface area contributed by atoms with Crippen molar-refractivity contribution in [1.29, 1.82) is 0 Å². The van der Waals surface area contributed by atoms with Gasteiger partial charge >= 0.3 is 0 Å². The highest BCUT2D eigenvalue weighted by Crippen LogP contribution is 2.22. The zero-order valence-corrected chi connectivity index (χ0v) is 14.2. The molecular formula is C17H27ClN2O. The Morgan fingerprint density at radius 2 is 1.86 bits per heavy atom. The van der Waals surface area contributed by atoms with Gasteiger partial charge in [0.05, 0.1) is 0 Å². The average Bonchev–Trinajstić information content (AvgIpc) is 2.40. The predicted octanol–water partition coefficient (Wildman–Crippen LogP) is 3.28. The van der Waals surface area contributed by atoms with Crippen molar-refractivity contribution in [2.45, 2.75) is 58.0 Å². The Morgan fingerprint density at radius 1 is 1.24 bits per heavy atom. The molecule has 1 amide bonds. The first-order chi connectivity index (χ1) is 9.38. The van der Waals surface area contributed by atoms with Crippen molar-refractivity contribution in [2.75, 3.05) is 6.54 Å². The number of carbonyl (C=O) groups excluding carboxylic acids is 1. The maximum Gasteiger partial charge on any atom is 0.251 e. The molecule has 1 heterocycles. The summed E-state index contributed by atoms with van der Waals surface area (Å²) in [4.78, 5) is 12.3. The smallest absolute Gasteiger partial charge is 0.251 e. The predicted molar refractivity (Wildman–Crippen MR) is 90.3 cm³/mol. The molecule has 1 fully saturated rings. The molecule has 2 rings (SSSR count). The molecule has 0 saturated carbocycles. The van der Waals surface area contributed by atoms with Crippen molar-refractivity contribution in [3.05, 3.63) is 35.4 Å². The van der Waals surface area contributed by atoms with Gasteiger partial charge in [0.2, 0.25) is 0 Å². The quantitative estimate of drug-likeness (QED) is 0.880. The molecule has 0 aliphatic carbocycles. The molecule has 118 valence electrons. The van der Waals surface area contributed by atoms with E-state index in [1.165, 1.54) is 5.56 Å². The molecule has 1 aromatic carbocycles. The van der Waals surface area contributed by atoms with Crippen LogP contribution in [0.2, 0.25) is 0 Å². The van der Waals surface area contributed by atoms with Crippen LogP contribution in [0.4, 0.5) is 0 Å². The van der Waals surface area contributed by atoms with Crippen molar-refractivity contribution in [1.82, 2.24) is 10.6 Å². The Kier molecular flexibility index (Phi) is 6.24. The SMILES string of the molecule is CC1NCCCC1NC(=O)c1ccc(C(C)(C)C)cc1.Cl. The summed E-state index contributed by atoms with van der Waals surface area (Å²) in [6.07, 6.45) is 2.18. The largest absolute Gasteiger partial charge is 0.348 e. The van der Waals surface area contributed by atoms with E-state index in [0.717, 1.165) is 24.9 Å². The lowest BCUT2D eigenvalue weighted by molar-refractivity contribution is 0.0920. The third kappa shape index (κ3) is 4.72. The molecule has 0 spiro atoms. The number of piperidine rings is 1. The molecule has 3 nitrogen and oxygen atoms in total. The lowest BCUT2D eigenvalue weighted by Gasteiger charge is -2.30. The third-order valence-electron chi connectivity index (χ3n) is 4.09. The summed E-state index contributed by atoms with van der Waals surface area (Å²) in [7, 11) is 0. The van der Waals surface area contributed by atoms with E-state index in [-0.39, 0.29) is 29.8 Å². The first-order valence-corrected chi connectivity index (χ1v) is 7.53. The van der Waals surface area contributed by atoms with Gasteiger partial charge in [0.1, 0.15) is 0 Å². The number of carbonyl (C=O) groups is 1. The van der Waals surface area contributed by atoms with Crippen LogP contribution in [0.5, 0.6) is 0 Å². The molecule has 2 atom stereocenters. The molecule has 0 bridgehead atoms. The van der Waals surface area contributed by atoms with Gasteiger partial charge in [0.15, 0.2) is 0 Å². The third-order valence-corrected chi connectivity index (χ3v) is 4.09. The topological polar surface area (TPSA) is 41.1 Å². The molecule has 1 aliphatic heterocycles. The Hall–Kier alpha value is -1.06. The van der Waals surface area contributed by atoms with Gasteiger partial charge in [-0.3, -0.25) is 4.79 Å². The van der Waals surface area contributed by atoms with Crippen molar-refractivity contribution < 1.29 is 4.79 Å². The molecule has 4 heteroatoms. The standard InChI is InChI=1S/C17H26N2O.ClH/c1-12-15(6-5-11-18-12)19-16(20)13-7-9-14(10-8-13)17(2,3)4;/h7-10,12,15,18H,5-6,11H2,1-4H3,(H,19,20);1H. The molecule has 1 saturated heterocycles. The van der Waals surface area contributed by atoms with Crippen LogP contribution in [-0.4, -0.2) is 24.5 Å². The molecule has 1 aromatic rings. The fourth-order valence-electron chi connectivity index (χ4n) is 2.61. The van der Waals surface area contributed by atoms with Crippen LogP contribution in [0.3, 0.4) is 0 Å². The van der Waals surface area contributed by atoms with Crippen molar-refractivity contribution in [2.24, 2.45) is 0 Å². The minimum Gasteiger partial charge on any atom is -0.348 e. The second-order valence-electron chi connectivity index (χ2n) is 6.79. The number of amides is 1. The van der Waals surface area contributed by atoms with Crippen LogP contribution < -0.4 is 10.6 Å². The zero-order chi connectivity index (χ0) is 14.8. The van der Waals surface area contributed by atoms with E-state index in [9.17, 15) is 4.79 Å². The summed E-state index contributed by atoms with van der Waals surface area (Å²) in [5, 5.41) is 6.54. The Morgan fingerprint density at radius 3 is 2.38 bits per heavy atom. The van der Waals surface area contributed by atoms with Crippen LogP contribution in [0, 0.1) is 0 Å². The van der Waals surface area contributed by atoms with Crippen molar-refractivity contribution >= 4 is 18.3 Å². The molecule has 2 N–H and O–H groups in total. The lowest BCUT2D eigenvalue weighted by Crippen LogP contribution is -2.51. The average molecular weight is 311 g/mol. The molecule has 0 aromatic heterocycles. The van der Waals surface area contributed by atoms with Crippen LogP contribution in [-0.2, 0) is 5.41 Å². The molecular weight excluding hydrogens is 284 g/mol. The highest BCUT2D eigenvalue weighted by Gasteiger charge is 2.23. The van der Waals surface area contributed by atoms with Crippen LogP contribution >= 0.6 is 12.4 Å². The van der Waals surface area contributed by atoms with Gasteiger partial charge in [-0.25, -0.2) is 0 Å². The van der Waals surface area contributed by atoms with E-state index in [1.54, 1.807) is 0 Å². The molecule has 0 radical (unpaired) electrons. The van der Waals surface area contributed by atoms with Gasteiger partial charge in [-0.05, 0) is 49.4 Å². The van der Waals surface area contributed by atoms with Crippen LogP contribution in [0.1, 0.15) is 56.5 Å². The molecule has 2 unspecified atom stereocenters. The summed E-state index contributed by atoms with van der Waals surface area (Å²) < 4.78 is 0. The van der Waals surface area contributed by atoms with E-state index >= 15 is 0 Å². The number of halogens is 1. The maximum absolute atomic E-state index is 12.3. The fraction of sp³-hybridized carbons (Fsp3) is 0.588. The number of rotatable bonds is 2. The summed E-state index contributed by atoms with van der Waals surface area (Å²) in [6.45, 7) is 9.72. The number of hydrogen-bond acceptors (Lipinski definition) is 2. The zero-order valence-electron chi connectivity index (χ0n) is 13.4. The number of hydrogen-bond donors (Lipinski definition) is 2. The molecule has 21 heavy (non-hydrogen) atoms. The Balaban J connectivity index is 0.00000220. The van der Waals surface area contributed by atoms with E-state index < -0.39 is 0 Å². The van der Waals surface area contributed by atoms with Gasteiger partial charge in [-0.2, -0.15) is 0 Å². The van der Waals surface area contributed by atoms with Gasteiger partial charge < -0.3 is 10.6 Å². The van der Waals surface area contributed by atoms with E-state index in [0.29, 0.717) is 6.04 Å². The molecule has 1 aliphatic rings. The first-order valence-electron chi connectivity index (χ1n) is 7.53. The summed E-state index contributed by atoms with van der Waals surface area (Å²) in [5.74, 6) is 0.0333. The number of benzene rings is 1. The maximum atomic E-state index is 12.3. The highest BCUT2D eigenvalue weighted by atomic mass is 35.5. The minimum atomic E-state index is 0. The minimum absolute atomic E-state index is 0. The van der Waals surface area contributed by atoms with Gasteiger partial charge in [-0.1, -0.05) is 32.9 Å². The van der Waals surface area contributed by atoms with E-state index in [1.807, 2.05) is 12.1 Å². The number of nitrogens with one attached hydrogen (secondary N) is 2. The highest BCUT2D eigenvalue weighted by molar-refractivity contribution is 5.94. The second-order valence-corrected chi connectivity index (χ2v) is 6.79. The summed E-state index contributed by atoms with van der Waals surface area (Å²) >= 11 is 0. The van der Waals surface area contributed by atoms with Gasteiger partial charge in [0, 0.05) is 17.6 Å². The fourth-order valence-corrected chi connectivity index (χ4v) is 2.61. The van der Waals surface area contributed by atoms with Gasteiger partial charge in [0.25, 0.3) is 5.91 Å². The van der Waals surface area contributed by atoms with Crippen molar-refractivity contribution in [3.8, 4) is 0 Å². The van der Waals surface area contributed by atoms with Gasteiger partial charge in [-0.15, -0.1) is 12.4 Å². The van der Waals surface area contributed by atoms with Crippen LogP contribution in [0.15, 0.2) is 24.3 Å². The van der Waals surface area contributed by atoms with E-state index in [4.69, 9.17) is 0 Å². The second kappa shape index (κ2) is 7.28. The summed E-state index contributed by atoms with van der Waals surface area (Å²) in [5.41, 5.74) is 2.12. The lowest BCUT2D eigenvalue weighted by atomic mass is 9.86.